The lowest BCUT2D eigenvalue weighted by Gasteiger charge is -2.24. The van der Waals surface area contributed by atoms with E-state index in [9.17, 15) is 14.4 Å². The van der Waals surface area contributed by atoms with Crippen molar-refractivity contribution in [3.63, 3.8) is 0 Å². The maximum Gasteiger partial charge on any atom is 0.408 e. The van der Waals surface area contributed by atoms with E-state index in [0.29, 0.717) is 11.5 Å². The average molecular weight is 459 g/mol. The lowest BCUT2D eigenvalue weighted by atomic mass is 10.0. The molecule has 2 aromatic rings. The molecule has 0 heterocycles. The van der Waals surface area contributed by atoms with Crippen molar-refractivity contribution in [3.05, 3.63) is 71.8 Å². The van der Waals surface area contributed by atoms with E-state index in [1.165, 1.54) is 18.9 Å². The van der Waals surface area contributed by atoms with Crippen LogP contribution in [0.3, 0.4) is 0 Å². The van der Waals surface area contributed by atoms with Crippen molar-refractivity contribution in [3.8, 4) is 0 Å². The number of thioether (sulfide) groups is 1. The van der Waals surface area contributed by atoms with Crippen LogP contribution in [0.2, 0.25) is 0 Å². The predicted octanol–water partition coefficient (Wildman–Crippen LogP) is 3.53. The largest absolute Gasteiger partial charge is 0.467 e. The number of hydrogen-bond donors (Lipinski definition) is 2. The van der Waals surface area contributed by atoms with Crippen molar-refractivity contribution in [2.24, 2.45) is 5.92 Å². The molecule has 2 atom stereocenters. The summed E-state index contributed by atoms with van der Waals surface area (Å²) < 4.78 is 10.1. The number of hydrogen-bond acceptors (Lipinski definition) is 6. The van der Waals surface area contributed by atoms with Gasteiger partial charge in [0.1, 0.15) is 18.7 Å². The van der Waals surface area contributed by atoms with E-state index in [1.807, 2.05) is 74.5 Å². The number of carbonyl (C=O) groups is 3. The van der Waals surface area contributed by atoms with Crippen LogP contribution in [0.25, 0.3) is 0 Å². The molecule has 32 heavy (non-hydrogen) atoms. The maximum absolute atomic E-state index is 12.9. The Morgan fingerprint density at radius 1 is 0.906 bits per heavy atom. The van der Waals surface area contributed by atoms with Crippen LogP contribution in [-0.2, 0) is 31.4 Å². The van der Waals surface area contributed by atoms with E-state index in [4.69, 9.17) is 9.47 Å². The summed E-state index contributed by atoms with van der Waals surface area (Å²) in [5, 5.41) is 5.33. The molecule has 172 valence electrons. The Kier molecular flexibility index (Phi) is 10.6. The number of benzene rings is 2. The van der Waals surface area contributed by atoms with Crippen molar-refractivity contribution < 1.29 is 23.9 Å². The summed E-state index contributed by atoms with van der Waals surface area (Å²) in [7, 11) is 1.27. The van der Waals surface area contributed by atoms with Gasteiger partial charge in [0, 0.05) is 11.5 Å². The van der Waals surface area contributed by atoms with Gasteiger partial charge in [-0.1, -0.05) is 74.5 Å². The molecule has 0 bridgehead atoms. The smallest absolute Gasteiger partial charge is 0.408 e. The molecule has 7 nitrogen and oxygen atoms in total. The highest BCUT2D eigenvalue weighted by Gasteiger charge is 2.29. The fraction of sp³-hybridized carbons (Fsp3) is 0.375. The van der Waals surface area contributed by atoms with Crippen LogP contribution in [0, 0.1) is 5.92 Å². The number of rotatable bonds is 11. The Labute approximate surface area is 193 Å². The molecule has 0 saturated carbocycles. The third kappa shape index (κ3) is 8.63. The number of ether oxygens (including phenoxy) is 2. The molecule has 2 rings (SSSR count). The molecule has 0 radical (unpaired) electrons. The average Bonchev–Trinajstić information content (AvgIpc) is 2.81. The van der Waals surface area contributed by atoms with Crippen molar-refractivity contribution >= 4 is 29.7 Å². The van der Waals surface area contributed by atoms with Crippen LogP contribution in [0.4, 0.5) is 4.79 Å². The molecule has 0 aliphatic rings. The number of methoxy groups -OCH3 is 1. The zero-order chi connectivity index (χ0) is 23.3. The van der Waals surface area contributed by atoms with Crippen LogP contribution in [0.5, 0.6) is 0 Å². The third-order valence-corrected chi connectivity index (χ3v) is 5.74. The minimum Gasteiger partial charge on any atom is -0.467 e. The molecule has 2 amide bonds. The summed E-state index contributed by atoms with van der Waals surface area (Å²) in [5.74, 6) is -0.181. The van der Waals surface area contributed by atoms with Crippen molar-refractivity contribution in [1.29, 1.82) is 0 Å². The van der Waals surface area contributed by atoms with Crippen LogP contribution < -0.4 is 10.6 Å². The van der Waals surface area contributed by atoms with Gasteiger partial charge in [0.15, 0.2) is 0 Å². The van der Waals surface area contributed by atoms with Gasteiger partial charge in [-0.25, -0.2) is 9.59 Å². The normalized spacial score (nSPS) is 12.5. The minimum atomic E-state index is -0.877. The van der Waals surface area contributed by atoms with Gasteiger partial charge in [-0.2, -0.15) is 11.8 Å². The number of carbonyl (C=O) groups excluding carboxylic acids is 3. The molecule has 0 saturated heterocycles. The van der Waals surface area contributed by atoms with Gasteiger partial charge in [-0.05, 0) is 17.0 Å². The van der Waals surface area contributed by atoms with E-state index < -0.39 is 30.1 Å². The molecule has 0 aromatic heterocycles. The van der Waals surface area contributed by atoms with E-state index in [2.05, 4.69) is 10.6 Å². The molecule has 8 heteroatoms. The second-order valence-electron chi connectivity index (χ2n) is 7.51. The molecular weight excluding hydrogens is 428 g/mol. The van der Waals surface area contributed by atoms with Gasteiger partial charge in [0.25, 0.3) is 0 Å². The standard InChI is InChI=1S/C24H30N2O5S/c1-17(2)21(23(28)30-3)26-22(27)20(16-32-15-19-12-8-5-9-13-19)25-24(29)31-14-18-10-6-4-7-11-18/h4-13,17,20-21H,14-16H2,1-3H3,(H,25,29)(H,26,27)/t20?,21-/m0/s1. The highest BCUT2D eigenvalue weighted by atomic mass is 32.2. The highest BCUT2D eigenvalue weighted by Crippen LogP contribution is 2.14. The first-order valence-corrected chi connectivity index (χ1v) is 11.5. The van der Waals surface area contributed by atoms with Crippen LogP contribution in [-0.4, -0.2) is 42.9 Å². The molecule has 0 fully saturated rings. The fourth-order valence-electron chi connectivity index (χ4n) is 2.84. The number of amides is 2. The molecule has 2 N–H and O–H groups in total. The summed E-state index contributed by atoms with van der Waals surface area (Å²) in [6.07, 6.45) is -0.700. The summed E-state index contributed by atoms with van der Waals surface area (Å²) in [6.45, 7) is 3.71. The zero-order valence-electron chi connectivity index (χ0n) is 18.6. The molecule has 1 unspecified atom stereocenters. The first-order chi connectivity index (χ1) is 15.4. The maximum atomic E-state index is 12.9. The first-order valence-electron chi connectivity index (χ1n) is 10.4. The Balaban J connectivity index is 2.00. The van der Waals surface area contributed by atoms with E-state index in [0.717, 1.165) is 11.1 Å². The molecule has 2 aromatic carbocycles. The Hall–Kier alpha value is -3.00. The molecule has 0 aliphatic carbocycles. The number of nitrogens with one attached hydrogen (secondary N) is 2. The molecule has 0 aliphatic heterocycles. The Morgan fingerprint density at radius 2 is 1.50 bits per heavy atom. The topological polar surface area (TPSA) is 93.7 Å². The highest BCUT2D eigenvalue weighted by molar-refractivity contribution is 7.98. The van der Waals surface area contributed by atoms with Gasteiger partial charge in [0.2, 0.25) is 5.91 Å². The minimum absolute atomic E-state index is 0.0922. The summed E-state index contributed by atoms with van der Waals surface area (Å²) >= 11 is 1.50. The van der Waals surface area contributed by atoms with Crippen molar-refractivity contribution in [1.82, 2.24) is 10.6 Å². The van der Waals surface area contributed by atoms with E-state index in [1.54, 1.807) is 0 Å². The lowest BCUT2D eigenvalue weighted by molar-refractivity contribution is -0.146. The fourth-order valence-corrected chi connectivity index (χ4v) is 3.85. The second-order valence-corrected chi connectivity index (χ2v) is 8.54. The Morgan fingerprint density at radius 3 is 2.06 bits per heavy atom. The summed E-state index contributed by atoms with van der Waals surface area (Å²) in [5.41, 5.74) is 1.95. The van der Waals surface area contributed by atoms with Gasteiger partial charge in [0.05, 0.1) is 7.11 Å². The van der Waals surface area contributed by atoms with Gasteiger partial charge < -0.3 is 20.1 Å². The summed E-state index contributed by atoms with van der Waals surface area (Å²) in [6, 6.07) is 17.4. The number of esters is 1. The predicted molar refractivity (Wildman–Crippen MR) is 125 cm³/mol. The number of alkyl carbamates (subject to hydrolysis) is 1. The summed E-state index contributed by atoms with van der Waals surface area (Å²) in [4.78, 5) is 37.3. The zero-order valence-corrected chi connectivity index (χ0v) is 19.4. The second kappa shape index (κ2) is 13.4. The van der Waals surface area contributed by atoms with Gasteiger partial charge >= 0.3 is 12.1 Å². The lowest BCUT2D eigenvalue weighted by Crippen LogP contribution is -2.54. The van der Waals surface area contributed by atoms with Crippen LogP contribution in [0.15, 0.2) is 60.7 Å². The monoisotopic (exact) mass is 458 g/mol. The first kappa shape index (κ1) is 25.3. The Bertz CT molecular complexity index is 861. The molecular formula is C24H30N2O5S. The van der Waals surface area contributed by atoms with Crippen molar-refractivity contribution in [2.75, 3.05) is 12.9 Å². The van der Waals surface area contributed by atoms with Gasteiger partial charge in [-0.15, -0.1) is 0 Å². The van der Waals surface area contributed by atoms with Crippen molar-refractivity contribution in [2.45, 2.75) is 38.3 Å². The van der Waals surface area contributed by atoms with Crippen LogP contribution in [0.1, 0.15) is 25.0 Å². The SMILES string of the molecule is COC(=O)[C@@H](NC(=O)C(CSCc1ccccc1)NC(=O)OCc1ccccc1)C(C)C. The van der Waals surface area contributed by atoms with Crippen LogP contribution >= 0.6 is 11.8 Å². The third-order valence-electron chi connectivity index (χ3n) is 4.64. The van der Waals surface area contributed by atoms with Gasteiger partial charge in [-0.3, -0.25) is 4.79 Å². The molecule has 0 spiro atoms. The quantitative estimate of drug-likeness (QED) is 0.501. The van der Waals surface area contributed by atoms with E-state index in [-0.39, 0.29) is 12.5 Å². The van der Waals surface area contributed by atoms with E-state index >= 15 is 0 Å².